The molecule has 3 unspecified atom stereocenters. The van der Waals surface area contributed by atoms with E-state index < -0.39 is 0 Å². The van der Waals surface area contributed by atoms with E-state index in [1.54, 1.807) is 6.26 Å². The van der Waals surface area contributed by atoms with E-state index in [2.05, 4.69) is 49.3 Å². The molecule has 0 aromatic carbocycles. The predicted molar refractivity (Wildman–Crippen MR) is 134 cm³/mol. The molecular weight excluding hydrogens is 491 g/mol. The minimum absolute atomic E-state index is 0. The van der Waals surface area contributed by atoms with Gasteiger partial charge in [0.1, 0.15) is 5.76 Å². The van der Waals surface area contributed by atoms with Crippen molar-refractivity contribution in [2.45, 2.75) is 65.5 Å². The predicted octanol–water partition coefficient (Wildman–Crippen LogP) is 4.43. The van der Waals surface area contributed by atoms with Crippen LogP contribution >= 0.6 is 24.0 Å². The van der Waals surface area contributed by atoms with Crippen molar-refractivity contribution in [2.75, 3.05) is 39.3 Å². The lowest BCUT2D eigenvalue weighted by Gasteiger charge is -2.40. The summed E-state index contributed by atoms with van der Waals surface area (Å²) in [5, 5.41) is 7.01. The molecule has 0 radical (unpaired) electrons. The summed E-state index contributed by atoms with van der Waals surface area (Å²) in [6.45, 7) is 14.5. The Bertz CT molecular complexity index is 624. The van der Waals surface area contributed by atoms with Crippen molar-refractivity contribution in [3.8, 4) is 0 Å². The first-order valence-electron chi connectivity index (χ1n) is 11.4. The van der Waals surface area contributed by atoms with Gasteiger partial charge in [-0.3, -0.25) is 9.89 Å². The molecule has 2 fully saturated rings. The average molecular weight is 533 g/mol. The molecule has 2 saturated heterocycles. The number of aliphatic imine (C=N–C) groups is 1. The Kier molecular flexibility index (Phi) is 10.4. The minimum Gasteiger partial charge on any atom is -0.468 e. The van der Waals surface area contributed by atoms with Gasteiger partial charge in [0.15, 0.2) is 5.96 Å². The molecule has 3 rings (SSSR count). The molecule has 0 amide bonds. The number of halogens is 1. The van der Waals surface area contributed by atoms with E-state index >= 15 is 0 Å². The van der Waals surface area contributed by atoms with Gasteiger partial charge in [-0.2, -0.15) is 0 Å². The number of hydrogen-bond acceptors (Lipinski definition) is 4. The lowest BCUT2D eigenvalue weighted by Crippen LogP contribution is -2.47. The van der Waals surface area contributed by atoms with Gasteiger partial charge in [0, 0.05) is 25.6 Å². The summed E-state index contributed by atoms with van der Waals surface area (Å²) in [5.41, 5.74) is 0.155. The summed E-state index contributed by atoms with van der Waals surface area (Å²) >= 11 is 0. The van der Waals surface area contributed by atoms with Crippen LogP contribution in [-0.2, 0) is 4.74 Å². The minimum atomic E-state index is 0. The molecule has 0 aliphatic carbocycles. The zero-order chi connectivity index (χ0) is 20.7. The first-order valence-corrected chi connectivity index (χ1v) is 11.4. The Balaban J connectivity index is 0.00000320. The van der Waals surface area contributed by atoms with Gasteiger partial charge in [0.2, 0.25) is 0 Å². The molecule has 0 bridgehead atoms. The molecule has 2 aliphatic rings. The fraction of sp³-hybridized carbons (Fsp3) is 0.783. The van der Waals surface area contributed by atoms with E-state index in [0.717, 1.165) is 50.9 Å². The molecule has 2 aliphatic heterocycles. The Labute approximate surface area is 199 Å². The van der Waals surface area contributed by atoms with E-state index in [-0.39, 0.29) is 41.5 Å². The smallest absolute Gasteiger partial charge is 0.191 e. The maximum absolute atomic E-state index is 6.14. The molecule has 2 N–H and O–H groups in total. The number of nitrogens with zero attached hydrogens (tertiary/aromatic N) is 2. The SMILES string of the molecule is CCNC(=NCC(c1ccco1)N1CCCC1)NCC1CCCOC1C(C)(C)C.I. The van der Waals surface area contributed by atoms with Crippen molar-refractivity contribution in [1.82, 2.24) is 15.5 Å². The van der Waals surface area contributed by atoms with E-state index in [9.17, 15) is 0 Å². The Morgan fingerprint density at radius 2 is 2.00 bits per heavy atom. The van der Waals surface area contributed by atoms with Crippen LogP contribution in [-0.4, -0.2) is 56.3 Å². The fourth-order valence-electron chi connectivity index (χ4n) is 4.68. The van der Waals surface area contributed by atoms with Crippen LogP contribution in [0.25, 0.3) is 0 Å². The van der Waals surface area contributed by atoms with Gasteiger partial charge in [-0.25, -0.2) is 0 Å². The molecule has 1 aromatic rings. The highest BCUT2D eigenvalue weighted by Crippen LogP contribution is 2.33. The van der Waals surface area contributed by atoms with Crippen LogP contribution in [0.4, 0.5) is 0 Å². The number of nitrogens with one attached hydrogen (secondary N) is 2. The topological polar surface area (TPSA) is 62.0 Å². The van der Waals surface area contributed by atoms with Crippen LogP contribution in [0.5, 0.6) is 0 Å². The third-order valence-electron chi connectivity index (χ3n) is 6.05. The summed E-state index contributed by atoms with van der Waals surface area (Å²) in [4.78, 5) is 7.43. The maximum atomic E-state index is 6.14. The first-order chi connectivity index (χ1) is 14.0. The van der Waals surface area contributed by atoms with Crippen LogP contribution in [0.15, 0.2) is 27.8 Å². The van der Waals surface area contributed by atoms with Crippen molar-refractivity contribution in [2.24, 2.45) is 16.3 Å². The lowest BCUT2D eigenvalue weighted by atomic mass is 9.78. The zero-order valence-electron chi connectivity index (χ0n) is 19.2. The second-order valence-electron chi connectivity index (χ2n) is 9.43. The quantitative estimate of drug-likeness (QED) is 0.309. The van der Waals surface area contributed by atoms with Gasteiger partial charge in [-0.1, -0.05) is 20.8 Å². The number of hydrogen-bond donors (Lipinski definition) is 2. The molecule has 1 aromatic heterocycles. The number of rotatable bonds is 7. The molecule has 0 saturated carbocycles. The molecule has 30 heavy (non-hydrogen) atoms. The number of ether oxygens (including phenoxy) is 1. The summed E-state index contributed by atoms with van der Waals surface area (Å²) in [6, 6.07) is 4.26. The van der Waals surface area contributed by atoms with Crippen molar-refractivity contribution in [3.63, 3.8) is 0 Å². The van der Waals surface area contributed by atoms with E-state index in [1.165, 1.54) is 19.3 Å². The molecule has 3 heterocycles. The normalized spacial score (nSPS) is 24.3. The summed E-state index contributed by atoms with van der Waals surface area (Å²) < 4.78 is 11.9. The molecule has 6 nitrogen and oxygen atoms in total. The van der Waals surface area contributed by atoms with Crippen LogP contribution in [0, 0.1) is 11.3 Å². The maximum Gasteiger partial charge on any atom is 0.191 e. The van der Waals surface area contributed by atoms with Gasteiger partial charge in [-0.05, 0) is 63.2 Å². The summed E-state index contributed by atoms with van der Waals surface area (Å²) in [5.74, 6) is 2.41. The van der Waals surface area contributed by atoms with E-state index in [4.69, 9.17) is 14.1 Å². The van der Waals surface area contributed by atoms with Gasteiger partial charge in [0.25, 0.3) is 0 Å². The number of guanidine groups is 1. The van der Waals surface area contributed by atoms with Crippen molar-refractivity contribution < 1.29 is 9.15 Å². The largest absolute Gasteiger partial charge is 0.468 e. The number of furan rings is 1. The van der Waals surface area contributed by atoms with Crippen LogP contribution in [0.3, 0.4) is 0 Å². The second-order valence-corrected chi connectivity index (χ2v) is 9.43. The van der Waals surface area contributed by atoms with Gasteiger partial charge < -0.3 is 19.8 Å². The van der Waals surface area contributed by atoms with Crippen LogP contribution in [0.1, 0.15) is 65.2 Å². The van der Waals surface area contributed by atoms with Gasteiger partial charge >= 0.3 is 0 Å². The summed E-state index contributed by atoms with van der Waals surface area (Å²) in [6.07, 6.45) is 6.91. The second kappa shape index (κ2) is 12.3. The van der Waals surface area contributed by atoms with Crippen LogP contribution in [0.2, 0.25) is 0 Å². The highest BCUT2D eigenvalue weighted by atomic mass is 127. The molecule has 7 heteroatoms. The first kappa shape index (κ1) is 25.5. The average Bonchev–Trinajstić information content (AvgIpc) is 3.40. The Morgan fingerprint density at radius 1 is 1.23 bits per heavy atom. The summed E-state index contributed by atoms with van der Waals surface area (Å²) in [7, 11) is 0. The highest BCUT2D eigenvalue weighted by Gasteiger charge is 2.35. The fourth-order valence-corrected chi connectivity index (χ4v) is 4.68. The van der Waals surface area contributed by atoms with Crippen molar-refractivity contribution in [3.05, 3.63) is 24.2 Å². The Hall–Kier alpha value is -0.800. The van der Waals surface area contributed by atoms with Crippen LogP contribution < -0.4 is 10.6 Å². The zero-order valence-corrected chi connectivity index (χ0v) is 21.5. The third kappa shape index (κ3) is 7.12. The van der Waals surface area contributed by atoms with E-state index in [0.29, 0.717) is 12.5 Å². The third-order valence-corrected chi connectivity index (χ3v) is 6.05. The van der Waals surface area contributed by atoms with Gasteiger partial charge in [0.05, 0.1) is 25.0 Å². The highest BCUT2D eigenvalue weighted by molar-refractivity contribution is 14.0. The molecule has 0 spiro atoms. The standard InChI is InChI=1S/C23H40N4O2.HI/c1-5-24-22(25-16-18-10-8-15-29-21(18)23(2,3)4)26-17-19(20-11-9-14-28-20)27-12-6-7-13-27;/h9,11,14,18-19,21H,5-8,10,12-13,15-17H2,1-4H3,(H2,24,25,26);1H. The monoisotopic (exact) mass is 532 g/mol. The van der Waals surface area contributed by atoms with Crippen molar-refractivity contribution in [1.29, 1.82) is 0 Å². The van der Waals surface area contributed by atoms with E-state index in [1.807, 2.05) is 6.07 Å². The van der Waals surface area contributed by atoms with Gasteiger partial charge in [-0.15, -0.1) is 24.0 Å². The molecule has 172 valence electrons. The Morgan fingerprint density at radius 3 is 2.63 bits per heavy atom. The van der Waals surface area contributed by atoms with Crippen molar-refractivity contribution >= 4 is 29.9 Å². The molecular formula is C23H41IN4O2. The number of likely N-dealkylation sites (tertiary alicyclic amines) is 1. The lowest BCUT2D eigenvalue weighted by molar-refractivity contribution is -0.0835. The molecule has 3 atom stereocenters.